The van der Waals surface area contributed by atoms with Crippen molar-refractivity contribution in [1.29, 1.82) is 0 Å². The van der Waals surface area contributed by atoms with Gasteiger partial charge in [0, 0.05) is 18.7 Å². The lowest BCUT2D eigenvalue weighted by molar-refractivity contribution is -0.286. The topological polar surface area (TPSA) is 85.3 Å². The minimum absolute atomic E-state index is 0.0589. The van der Waals surface area contributed by atoms with Crippen LogP contribution in [0.15, 0.2) is 24.3 Å². The van der Waals surface area contributed by atoms with Gasteiger partial charge in [0.15, 0.2) is 23.1 Å². The van der Waals surface area contributed by atoms with Crippen molar-refractivity contribution in [1.82, 2.24) is 4.90 Å². The molecular formula is C30H26F3NO6. The van der Waals surface area contributed by atoms with Gasteiger partial charge >= 0.3 is 12.3 Å². The summed E-state index contributed by atoms with van der Waals surface area (Å²) in [5, 5.41) is 9.79. The number of carboxylic acid groups (broad SMARTS) is 1. The Morgan fingerprint density at radius 2 is 1.73 bits per heavy atom. The summed E-state index contributed by atoms with van der Waals surface area (Å²) in [6.45, 7) is 6.29. The normalized spacial score (nSPS) is 16.4. The Morgan fingerprint density at radius 3 is 2.45 bits per heavy atom. The highest BCUT2D eigenvalue weighted by Crippen LogP contribution is 2.46. The molecule has 0 saturated heterocycles. The van der Waals surface area contributed by atoms with E-state index in [1.807, 2.05) is 13.8 Å². The maximum Gasteiger partial charge on any atom is 0.586 e. The van der Waals surface area contributed by atoms with Crippen LogP contribution in [0.2, 0.25) is 0 Å². The van der Waals surface area contributed by atoms with Crippen molar-refractivity contribution in [2.24, 2.45) is 0 Å². The fourth-order valence-corrected chi connectivity index (χ4v) is 6.17. The summed E-state index contributed by atoms with van der Waals surface area (Å²) in [6, 6.07) is 5.55. The fourth-order valence-electron chi connectivity index (χ4n) is 6.17. The number of para-hydroxylation sites is 1. The number of carboxylic acids is 1. The quantitative estimate of drug-likeness (QED) is 0.437. The smallest absolute Gasteiger partial charge is 0.490 e. The molecular weight excluding hydrogens is 527 g/mol. The summed E-state index contributed by atoms with van der Waals surface area (Å²) in [4.78, 5) is 27.0. The summed E-state index contributed by atoms with van der Waals surface area (Å²) in [6.07, 6.45) is -2.75. The first-order valence-electron chi connectivity index (χ1n) is 13.0. The van der Waals surface area contributed by atoms with Crippen LogP contribution in [0.4, 0.5) is 13.2 Å². The van der Waals surface area contributed by atoms with Crippen LogP contribution >= 0.6 is 0 Å². The van der Waals surface area contributed by atoms with Crippen molar-refractivity contribution in [2.45, 2.75) is 59.4 Å². The van der Waals surface area contributed by atoms with Gasteiger partial charge < -0.3 is 24.2 Å². The molecule has 1 N–H and O–H groups in total. The van der Waals surface area contributed by atoms with E-state index in [0.717, 1.165) is 34.2 Å². The van der Waals surface area contributed by atoms with Crippen molar-refractivity contribution >= 4 is 11.9 Å². The molecule has 3 aliphatic heterocycles. The number of alkyl halides is 2. The molecule has 0 spiro atoms. The first-order valence-corrected chi connectivity index (χ1v) is 13.0. The molecule has 3 heterocycles. The molecule has 1 amide bonds. The molecule has 3 aromatic carbocycles. The largest absolute Gasteiger partial charge is 0.586 e. The van der Waals surface area contributed by atoms with Gasteiger partial charge in [0.1, 0.15) is 0 Å². The summed E-state index contributed by atoms with van der Waals surface area (Å²) in [7, 11) is 0. The maximum atomic E-state index is 15.2. The minimum Gasteiger partial charge on any atom is -0.490 e. The Balaban J connectivity index is 1.46. The molecule has 3 aromatic rings. The molecule has 208 valence electrons. The number of fused-ring (bicyclic) bond motifs is 3. The Bertz CT molecular complexity index is 1620. The van der Waals surface area contributed by atoms with E-state index in [1.165, 1.54) is 29.2 Å². The molecule has 6 rings (SSSR count). The van der Waals surface area contributed by atoms with Crippen LogP contribution in [0, 0.1) is 26.6 Å². The number of amides is 1. The predicted octanol–water partition coefficient (Wildman–Crippen LogP) is 5.85. The number of carbonyl (C=O) groups is 2. The Hall–Kier alpha value is -4.21. The molecule has 40 heavy (non-hydrogen) atoms. The Morgan fingerprint density at radius 1 is 1.00 bits per heavy atom. The summed E-state index contributed by atoms with van der Waals surface area (Å²) in [5.41, 5.74) is 6.38. The van der Waals surface area contributed by atoms with Gasteiger partial charge in [-0.05, 0) is 96.3 Å². The van der Waals surface area contributed by atoms with Crippen molar-refractivity contribution < 1.29 is 42.1 Å². The van der Waals surface area contributed by atoms with Gasteiger partial charge in [-0.2, -0.15) is 0 Å². The Kier molecular flexibility index (Phi) is 5.97. The van der Waals surface area contributed by atoms with E-state index in [-0.39, 0.29) is 42.3 Å². The molecule has 0 atom stereocenters. The number of carbonyl (C=O) groups excluding carboxylic acids is 1. The molecule has 7 nitrogen and oxygen atoms in total. The number of rotatable bonds is 4. The van der Waals surface area contributed by atoms with E-state index in [2.05, 4.69) is 9.47 Å². The third kappa shape index (κ3) is 4.04. The van der Waals surface area contributed by atoms with Crippen LogP contribution in [0.25, 0.3) is 11.1 Å². The van der Waals surface area contributed by atoms with Gasteiger partial charge in [0.05, 0.1) is 18.6 Å². The third-order valence-electron chi connectivity index (χ3n) is 8.08. The van der Waals surface area contributed by atoms with E-state index in [9.17, 15) is 23.5 Å². The van der Waals surface area contributed by atoms with Crippen molar-refractivity contribution in [3.05, 3.63) is 74.6 Å². The van der Waals surface area contributed by atoms with Gasteiger partial charge in [-0.3, -0.25) is 9.59 Å². The molecule has 0 bridgehead atoms. The van der Waals surface area contributed by atoms with E-state index >= 15 is 4.39 Å². The van der Waals surface area contributed by atoms with Crippen LogP contribution < -0.4 is 14.2 Å². The monoisotopic (exact) mass is 553 g/mol. The highest BCUT2D eigenvalue weighted by atomic mass is 19.3. The van der Waals surface area contributed by atoms with Crippen molar-refractivity contribution in [2.75, 3.05) is 6.61 Å². The van der Waals surface area contributed by atoms with Gasteiger partial charge in [0.2, 0.25) is 0 Å². The number of aliphatic carboxylic acids is 1. The zero-order valence-electron chi connectivity index (χ0n) is 22.1. The lowest BCUT2D eigenvalue weighted by Crippen LogP contribution is -2.28. The standard InChI is InChI=1S/C30H26F3NO6/c1-14-17-7-5-9-38-27(17)23(31)10-19(14)26-16(3)22-13-34(12-21(22)15(2)20(26)11-25(35)36)29(37)18-6-4-8-24-28(18)40-30(32,33)39-24/h4,6,8,10H,5,7,9,11-13H2,1-3H3,(H,35,36). The Labute approximate surface area is 228 Å². The van der Waals surface area contributed by atoms with E-state index in [4.69, 9.17) is 4.74 Å². The third-order valence-corrected chi connectivity index (χ3v) is 8.08. The average Bonchev–Trinajstić information content (AvgIpc) is 3.49. The molecule has 3 aliphatic rings. The van der Waals surface area contributed by atoms with Gasteiger partial charge in [-0.1, -0.05) is 6.07 Å². The SMILES string of the molecule is Cc1c(-c2c(C)c3c(c(C)c2CC(=O)O)CN(C(=O)c2cccc4c2OC(F)(F)O4)C3)cc(F)c2c1CCCO2. The first-order chi connectivity index (χ1) is 19.0. The fraction of sp³-hybridized carbons (Fsp3) is 0.333. The second-order valence-electron chi connectivity index (χ2n) is 10.4. The minimum atomic E-state index is -3.87. The molecule has 0 unspecified atom stereocenters. The van der Waals surface area contributed by atoms with Crippen LogP contribution in [0.3, 0.4) is 0 Å². The lowest BCUT2D eigenvalue weighted by Gasteiger charge is -2.25. The van der Waals surface area contributed by atoms with E-state index in [0.29, 0.717) is 35.3 Å². The molecule has 10 heteroatoms. The number of halogens is 3. The average molecular weight is 554 g/mol. The molecule has 0 radical (unpaired) electrons. The first kappa shape index (κ1) is 26.0. The second-order valence-corrected chi connectivity index (χ2v) is 10.4. The maximum absolute atomic E-state index is 15.2. The van der Waals surface area contributed by atoms with Crippen LogP contribution in [-0.2, 0) is 30.7 Å². The van der Waals surface area contributed by atoms with Gasteiger partial charge in [-0.15, -0.1) is 8.78 Å². The number of nitrogens with zero attached hydrogens (tertiary/aromatic N) is 1. The zero-order chi connectivity index (χ0) is 28.5. The van der Waals surface area contributed by atoms with Crippen LogP contribution in [0.5, 0.6) is 17.2 Å². The summed E-state index contributed by atoms with van der Waals surface area (Å²) < 4.78 is 57.5. The summed E-state index contributed by atoms with van der Waals surface area (Å²) >= 11 is 0. The van der Waals surface area contributed by atoms with Gasteiger partial charge in [-0.25, -0.2) is 4.39 Å². The number of benzene rings is 3. The molecule has 0 aromatic heterocycles. The zero-order valence-corrected chi connectivity index (χ0v) is 22.1. The van der Waals surface area contributed by atoms with Crippen molar-refractivity contribution in [3.63, 3.8) is 0 Å². The number of hydrogen-bond donors (Lipinski definition) is 1. The van der Waals surface area contributed by atoms with E-state index < -0.39 is 24.0 Å². The number of hydrogen-bond acceptors (Lipinski definition) is 5. The number of ether oxygens (including phenoxy) is 3. The highest BCUT2D eigenvalue weighted by molar-refractivity contribution is 5.98. The molecule has 0 fully saturated rings. The lowest BCUT2D eigenvalue weighted by atomic mass is 9.81. The summed E-state index contributed by atoms with van der Waals surface area (Å²) in [5.74, 6) is -2.36. The highest BCUT2D eigenvalue weighted by Gasteiger charge is 2.46. The van der Waals surface area contributed by atoms with Crippen LogP contribution in [-0.4, -0.2) is 34.8 Å². The van der Waals surface area contributed by atoms with E-state index in [1.54, 1.807) is 6.92 Å². The van der Waals surface area contributed by atoms with Crippen LogP contribution in [0.1, 0.15) is 55.7 Å². The predicted molar refractivity (Wildman–Crippen MR) is 137 cm³/mol. The van der Waals surface area contributed by atoms with Gasteiger partial charge in [0.25, 0.3) is 5.91 Å². The molecule has 0 aliphatic carbocycles. The molecule has 0 saturated carbocycles. The second kappa shape index (κ2) is 9.18. The van der Waals surface area contributed by atoms with Crippen molar-refractivity contribution in [3.8, 4) is 28.4 Å².